The number of benzene rings is 1. The zero-order valence-corrected chi connectivity index (χ0v) is 20.3. The van der Waals surface area contributed by atoms with Gasteiger partial charge in [-0.05, 0) is 50.3 Å². The molecule has 7 heteroatoms. The van der Waals surface area contributed by atoms with Crippen molar-refractivity contribution in [1.29, 1.82) is 0 Å². The van der Waals surface area contributed by atoms with Gasteiger partial charge >= 0.3 is 0 Å². The summed E-state index contributed by atoms with van der Waals surface area (Å²) in [7, 11) is 1.89. The van der Waals surface area contributed by atoms with Gasteiger partial charge in [-0.2, -0.15) is 5.10 Å². The Kier molecular flexibility index (Phi) is 7.32. The number of halogens is 1. The van der Waals surface area contributed by atoms with Gasteiger partial charge in [-0.15, -0.1) is 0 Å². The van der Waals surface area contributed by atoms with Gasteiger partial charge < -0.3 is 15.0 Å². The van der Waals surface area contributed by atoms with E-state index in [1.165, 1.54) is 0 Å². The fourth-order valence-electron chi connectivity index (χ4n) is 4.07. The molecule has 1 N–H and O–H groups in total. The van der Waals surface area contributed by atoms with E-state index >= 15 is 0 Å². The molecule has 0 bridgehead atoms. The van der Waals surface area contributed by atoms with E-state index in [2.05, 4.69) is 36.1 Å². The Bertz CT molecular complexity index is 911. The van der Waals surface area contributed by atoms with Gasteiger partial charge in [0.05, 0.1) is 17.3 Å². The van der Waals surface area contributed by atoms with Crippen LogP contribution < -0.4 is 10.1 Å². The number of nitrogens with one attached hydrogen (secondary N) is 1. The van der Waals surface area contributed by atoms with Crippen molar-refractivity contribution in [3.05, 3.63) is 46.2 Å². The highest BCUT2D eigenvalue weighted by molar-refractivity contribution is 6.32. The minimum atomic E-state index is -0.167. The fraction of sp³-hybridized carbons (Fsp3) is 0.583. The average Bonchev–Trinajstić information content (AvgIpc) is 3.02. The largest absolute Gasteiger partial charge is 0.489 e. The van der Waals surface area contributed by atoms with Crippen LogP contribution in [0.15, 0.2) is 24.4 Å². The normalized spacial score (nSPS) is 16.9. The summed E-state index contributed by atoms with van der Waals surface area (Å²) in [5.41, 5.74) is 2.86. The third-order valence-electron chi connectivity index (χ3n) is 5.81. The number of aromatic nitrogens is 2. The Hall–Kier alpha value is -2.05. The second-order valence-corrected chi connectivity index (χ2v) is 10.2. The minimum Gasteiger partial charge on any atom is -0.489 e. The topological polar surface area (TPSA) is 59.4 Å². The number of likely N-dealkylation sites (tertiary alicyclic amines) is 1. The molecule has 0 unspecified atom stereocenters. The average molecular weight is 447 g/mol. The molecular weight excluding hydrogens is 412 g/mol. The zero-order valence-electron chi connectivity index (χ0n) is 19.5. The number of hydrogen-bond donors (Lipinski definition) is 1. The van der Waals surface area contributed by atoms with Crippen molar-refractivity contribution in [3.63, 3.8) is 0 Å². The monoisotopic (exact) mass is 446 g/mol. The van der Waals surface area contributed by atoms with Crippen LogP contribution in [0.5, 0.6) is 5.75 Å². The molecule has 2 aromatic rings. The molecule has 1 aromatic heterocycles. The van der Waals surface area contributed by atoms with Gasteiger partial charge in [0.1, 0.15) is 11.9 Å². The molecule has 1 aromatic carbocycles. The van der Waals surface area contributed by atoms with Crippen LogP contribution in [-0.2, 0) is 7.05 Å². The van der Waals surface area contributed by atoms with Gasteiger partial charge in [-0.25, -0.2) is 0 Å². The van der Waals surface area contributed by atoms with Crippen LogP contribution in [-0.4, -0.2) is 46.3 Å². The van der Waals surface area contributed by atoms with Crippen molar-refractivity contribution < 1.29 is 9.53 Å². The summed E-state index contributed by atoms with van der Waals surface area (Å²) < 4.78 is 7.97. The molecule has 1 amide bonds. The quantitative estimate of drug-likeness (QED) is 0.694. The summed E-state index contributed by atoms with van der Waals surface area (Å²) in [5.74, 6) is 0.475. The molecule has 3 rings (SSSR count). The Morgan fingerprint density at radius 2 is 2.00 bits per heavy atom. The second-order valence-electron chi connectivity index (χ2n) is 9.80. The number of rotatable bonds is 6. The molecule has 0 aliphatic carbocycles. The molecule has 1 aliphatic rings. The van der Waals surface area contributed by atoms with Gasteiger partial charge in [0.15, 0.2) is 0 Å². The lowest BCUT2D eigenvalue weighted by atomic mass is 9.94. The predicted octanol–water partition coefficient (Wildman–Crippen LogP) is 4.76. The molecule has 170 valence electrons. The minimum absolute atomic E-state index is 0.144. The lowest BCUT2D eigenvalue weighted by molar-refractivity contribution is 0.0811. The van der Waals surface area contributed by atoms with E-state index < -0.39 is 0 Å². The van der Waals surface area contributed by atoms with E-state index in [-0.39, 0.29) is 18.1 Å². The maximum atomic E-state index is 12.7. The lowest BCUT2D eigenvalue weighted by Gasteiger charge is -2.36. The van der Waals surface area contributed by atoms with E-state index in [1.807, 2.05) is 20.9 Å². The van der Waals surface area contributed by atoms with Crippen LogP contribution in [0.1, 0.15) is 68.2 Å². The first-order valence-corrected chi connectivity index (χ1v) is 11.4. The van der Waals surface area contributed by atoms with E-state index in [4.69, 9.17) is 16.3 Å². The maximum absolute atomic E-state index is 12.7. The highest BCUT2D eigenvalue weighted by atomic mass is 35.5. The van der Waals surface area contributed by atoms with E-state index in [0.29, 0.717) is 21.8 Å². The van der Waals surface area contributed by atoms with Crippen LogP contribution in [0, 0.1) is 12.3 Å². The Morgan fingerprint density at radius 3 is 2.55 bits per heavy atom. The van der Waals surface area contributed by atoms with Crippen molar-refractivity contribution in [2.24, 2.45) is 12.5 Å². The number of aryl methyl sites for hydroxylation is 1. The van der Waals surface area contributed by atoms with Crippen molar-refractivity contribution in [1.82, 2.24) is 20.0 Å². The summed E-state index contributed by atoms with van der Waals surface area (Å²) in [6.07, 6.45) is 3.91. The molecule has 0 spiro atoms. The second kappa shape index (κ2) is 9.61. The first-order valence-electron chi connectivity index (χ1n) is 11.0. The smallest absolute Gasteiger partial charge is 0.251 e. The Balaban J connectivity index is 1.56. The van der Waals surface area contributed by atoms with Gasteiger partial charge in [0.25, 0.3) is 5.91 Å². The van der Waals surface area contributed by atoms with Crippen LogP contribution >= 0.6 is 11.6 Å². The summed E-state index contributed by atoms with van der Waals surface area (Å²) in [5, 5.41) is 7.73. The van der Waals surface area contributed by atoms with Gasteiger partial charge in [-0.3, -0.25) is 9.48 Å². The highest BCUT2D eigenvalue weighted by Crippen LogP contribution is 2.29. The van der Waals surface area contributed by atoms with Gasteiger partial charge in [-0.1, -0.05) is 32.4 Å². The first-order chi connectivity index (χ1) is 14.5. The number of nitrogens with zero attached hydrogens (tertiary/aromatic N) is 3. The number of piperidine rings is 1. The number of amides is 1. The number of carbonyl (C=O) groups excluding carboxylic acids is 1. The molecule has 31 heavy (non-hydrogen) atoms. The highest BCUT2D eigenvalue weighted by Gasteiger charge is 2.24. The molecule has 1 atom stereocenters. The molecule has 1 fully saturated rings. The van der Waals surface area contributed by atoms with Crippen LogP contribution in [0.25, 0.3) is 0 Å². The summed E-state index contributed by atoms with van der Waals surface area (Å²) in [6, 6.07) is 5.12. The first kappa shape index (κ1) is 23.6. The van der Waals surface area contributed by atoms with Crippen LogP contribution in [0.3, 0.4) is 0 Å². The van der Waals surface area contributed by atoms with E-state index in [9.17, 15) is 4.79 Å². The zero-order chi connectivity index (χ0) is 22.8. The molecule has 0 radical (unpaired) electrons. The maximum Gasteiger partial charge on any atom is 0.251 e. The fourth-order valence-corrected chi connectivity index (χ4v) is 4.30. The number of hydrogen-bond acceptors (Lipinski definition) is 4. The molecule has 6 nitrogen and oxygen atoms in total. The third-order valence-corrected chi connectivity index (χ3v) is 6.10. The van der Waals surface area contributed by atoms with E-state index in [1.54, 1.807) is 29.1 Å². The number of carbonyl (C=O) groups is 1. The summed E-state index contributed by atoms with van der Waals surface area (Å²) in [4.78, 5) is 15.2. The van der Waals surface area contributed by atoms with Crippen molar-refractivity contribution >= 4 is 17.5 Å². The molecule has 0 saturated carbocycles. The van der Waals surface area contributed by atoms with Gasteiger partial charge in [0.2, 0.25) is 0 Å². The summed E-state index contributed by atoms with van der Waals surface area (Å²) in [6.45, 7) is 13.9. The SMILES string of the molecule is Cc1c([C@@H](C)NC(=O)c2ccc(OC3CCN(CC(C)(C)C)CC3)c(Cl)c2)cnn1C. The third kappa shape index (κ3) is 6.23. The molecular formula is C24H35ClN4O2. The van der Waals surface area contributed by atoms with Crippen molar-refractivity contribution in [3.8, 4) is 5.75 Å². The van der Waals surface area contributed by atoms with E-state index in [0.717, 1.165) is 43.7 Å². The standard InChI is InChI=1S/C24H35ClN4O2/c1-16(20-14-26-28(6)17(20)2)27-23(30)18-7-8-22(21(25)13-18)31-19-9-11-29(12-10-19)15-24(3,4)5/h7-8,13-14,16,19H,9-12,15H2,1-6H3,(H,27,30)/t16-/m1/s1. The Labute approximate surface area is 190 Å². The van der Waals surface area contributed by atoms with Crippen molar-refractivity contribution in [2.75, 3.05) is 19.6 Å². The van der Waals surface area contributed by atoms with Crippen LogP contribution in [0.4, 0.5) is 0 Å². The predicted molar refractivity (Wildman–Crippen MR) is 125 cm³/mol. The molecule has 2 heterocycles. The van der Waals surface area contributed by atoms with Crippen molar-refractivity contribution in [2.45, 2.75) is 59.6 Å². The summed E-state index contributed by atoms with van der Waals surface area (Å²) >= 11 is 6.46. The Morgan fingerprint density at radius 1 is 1.32 bits per heavy atom. The van der Waals surface area contributed by atoms with Gasteiger partial charge in [0, 0.05) is 43.5 Å². The van der Waals surface area contributed by atoms with Crippen LogP contribution in [0.2, 0.25) is 5.02 Å². The molecule has 1 aliphatic heterocycles. The number of ether oxygens (including phenoxy) is 1. The lowest BCUT2D eigenvalue weighted by Crippen LogP contribution is -2.42. The molecule has 1 saturated heterocycles.